The van der Waals surface area contributed by atoms with Gasteiger partial charge in [-0.3, -0.25) is 0 Å². The highest BCUT2D eigenvalue weighted by molar-refractivity contribution is 7.98. The lowest BCUT2D eigenvalue weighted by Gasteiger charge is -2.08. The van der Waals surface area contributed by atoms with E-state index in [9.17, 15) is 8.78 Å². The van der Waals surface area contributed by atoms with Crippen LogP contribution in [0.25, 0.3) is 0 Å². The largest absolute Gasteiger partial charge is 0.464 e. The Morgan fingerprint density at radius 2 is 2.06 bits per heavy atom. The summed E-state index contributed by atoms with van der Waals surface area (Å²) in [5.74, 6) is -0.718. The van der Waals surface area contributed by atoms with Gasteiger partial charge in [0.05, 0.1) is 12.3 Å². The fraction of sp³-hybridized carbons (Fsp3) is 0.636. The van der Waals surface area contributed by atoms with E-state index in [-0.39, 0.29) is 5.75 Å². The number of rotatable bonds is 7. The minimum Gasteiger partial charge on any atom is -0.464 e. The minimum absolute atomic E-state index is 0.223. The van der Waals surface area contributed by atoms with E-state index in [1.54, 1.807) is 6.07 Å². The molecule has 0 aliphatic rings. The molecule has 0 aliphatic carbocycles. The van der Waals surface area contributed by atoms with Gasteiger partial charge in [0.2, 0.25) is 0 Å². The molecule has 0 aromatic carbocycles. The summed E-state index contributed by atoms with van der Waals surface area (Å²) in [6.45, 7) is 4.84. The molecule has 0 amide bonds. The lowest BCUT2D eigenvalue weighted by molar-refractivity contribution is 0.251. The van der Waals surface area contributed by atoms with E-state index in [1.165, 1.54) is 0 Å². The Balaban J connectivity index is 2.33. The molecule has 92 valence electrons. The Kier molecular flexibility index (Phi) is 5.84. The molecule has 1 N–H and O–H groups in total. The maximum absolute atomic E-state index is 11.9. The van der Waals surface area contributed by atoms with E-state index >= 15 is 0 Å². The van der Waals surface area contributed by atoms with Gasteiger partial charge < -0.3 is 9.73 Å². The summed E-state index contributed by atoms with van der Waals surface area (Å²) in [6, 6.07) is 4.02. The fourth-order valence-corrected chi connectivity index (χ4v) is 1.60. The Hall–Kier alpha value is -0.550. The topological polar surface area (TPSA) is 25.2 Å². The minimum atomic E-state index is -2.34. The van der Waals surface area contributed by atoms with Crippen molar-refractivity contribution in [2.75, 3.05) is 0 Å². The summed E-state index contributed by atoms with van der Waals surface area (Å²) in [6.07, 6.45) is 1.05. The number of halogens is 2. The van der Waals surface area contributed by atoms with Crippen LogP contribution in [0.2, 0.25) is 0 Å². The molecule has 1 unspecified atom stereocenters. The van der Waals surface area contributed by atoms with Crippen molar-refractivity contribution in [3.63, 3.8) is 0 Å². The van der Waals surface area contributed by atoms with Crippen molar-refractivity contribution >= 4 is 11.8 Å². The van der Waals surface area contributed by atoms with Crippen molar-refractivity contribution in [1.29, 1.82) is 0 Å². The maximum atomic E-state index is 11.9. The summed E-state index contributed by atoms with van der Waals surface area (Å²) < 4.78 is 29.3. The molecule has 0 radical (unpaired) electrons. The molecule has 0 saturated heterocycles. The van der Waals surface area contributed by atoms with Gasteiger partial charge in [0, 0.05) is 6.04 Å². The van der Waals surface area contributed by atoms with Crippen molar-refractivity contribution in [2.45, 2.75) is 44.4 Å². The first-order valence-corrected chi connectivity index (χ1v) is 6.37. The van der Waals surface area contributed by atoms with E-state index in [1.807, 2.05) is 6.07 Å². The van der Waals surface area contributed by atoms with Crippen LogP contribution in [0.15, 0.2) is 16.5 Å². The average Bonchev–Trinajstić information content (AvgIpc) is 2.71. The average molecular weight is 249 g/mol. The van der Waals surface area contributed by atoms with Gasteiger partial charge in [0.1, 0.15) is 11.5 Å². The predicted octanol–water partition coefficient (Wildman–Crippen LogP) is 3.62. The van der Waals surface area contributed by atoms with Gasteiger partial charge in [-0.05, 0) is 25.5 Å². The van der Waals surface area contributed by atoms with Crippen LogP contribution >= 0.6 is 11.8 Å². The molecule has 1 rings (SSSR count). The summed E-state index contributed by atoms with van der Waals surface area (Å²) in [5.41, 5.74) is 0. The van der Waals surface area contributed by atoms with Crippen LogP contribution < -0.4 is 5.32 Å². The maximum Gasteiger partial charge on any atom is 0.284 e. The summed E-state index contributed by atoms with van der Waals surface area (Å²) in [4.78, 5) is 0. The van der Waals surface area contributed by atoms with Gasteiger partial charge in [-0.1, -0.05) is 18.7 Å². The molecular formula is C11H17F2NOS. The van der Waals surface area contributed by atoms with E-state index in [0.717, 1.165) is 12.2 Å². The molecule has 0 spiro atoms. The Morgan fingerprint density at radius 3 is 2.69 bits per heavy atom. The molecule has 0 fully saturated rings. The Labute approximate surface area is 98.8 Å². The molecule has 2 nitrogen and oxygen atoms in total. The molecule has 0 bridgehead atoms. The first-order valence-electron chi connectivity index (χ1n) is 5.32. The van der Waals surface area contributed by atoms with Crippen molar-refractivity contribution in [2.24, 2.45) is 0 Å². The third-order valence-electron chi connectivity index (χ3n) is 2.31. The highest BCUT2D eigenvalue weighted by Crippen LogP contribution is 2.21. The molecule has 1 heterocycles. The normalized spacial score (nSPS) is 13.3. The van der Waals surface area contributed by atoms with Crippen LogP contribution in [0, 0.1) is 0 Å². The lowest BCUT2D eigenvalue weighted by atomic mass is 10.2. The van der Waals surface area contributed by atoms with Crippen LogP contribution in [0.1, 0.15) is 31.8 Å². The van der Waals surface area contributed by atoms with Gasteiger partial charge in [-0.25, -0.2) is 0 Å². The molecule has 0 aliphatic heterocycles. The number of hydrogen-bond acceptors (Lipinski definition) is 3. The number of alkyl halides is 2. The molecular weight excluding hydrogens is 232 g/mol. The molecule has 1 atom stereocenters. The lowest BCUT2D eigenvalue weighted by Crippen LogP contribution is -2.24. The van der Waals surface area contributed by atoms with Gasteiger partial charge >= 0.3 is 0 Å². The van der Waals surface area contributed by atoms with Crippen molar-refractivity contribution in [3.8, 4) is 0 Å². The highest BCUT2D eigenvalue weighted by atomic mass is 32.2. The SMILES string of the molecule is CCC(C)NCc1ccc(CSC(F)F)o1. The van der Waals surface area contributed by atoms with Crippen molar-refractivity contribution in [3.05, 3.63) is 23.7 Å². The first-order chi connectivity index (χ1) is 7.61. The van der Waals surface area contributed by atoms with Gasteiger partial charge in [-0.15, -0.1) is 0 Å². The van der Waals surface area contributed by atoms with Gasteiger partial charge in [-0.2, -0.15) is 8.78 Å². The van der Waals surface area contributed by atoms with E-state index in [0.29, 0.717) is 30.1 Å². The molecule has 0 saturated carbocycles. The zero-order chi connectivity index (χ0) is 12.0. The number of furan rings is 1. The molecule has 16 heavy (non-hydrogen) atoms. The van der Waals surface area contributed by atoms with E-state index < -0.39 is 5.76 Å². The van der Waals surface area contributed by atoms with Gasteiger partial charge in [0.15, 0.2) is 0 Å². The predicted molar refractivity (Wildman–Crippen MR) is 62.6 cm³/mol. The number of nitrogens with one attached hydrogen (secondary N) is 1. The quantitative estimate of drug-likeness (QED) is 0.799. The van der Waals surface area contributed by atoms with Crippen LogP contribution in [0.5, 0.6) is 0 Å². The van der Waals surface area contributed by atoms with Gasteiger partial charge in [0.25, 0.3) is 5.76 Å². The first kappa shape index (κ1) is 13.5. The highest BCUT2D eigenvalue weighted by Gasteiger charge is 2.07. The second-order valence-electron chi connectivity index (χ2n) is 3.63. The molecule has 5 heteroatoms. The van der Waals surface area contributed by atoms with E-state index in [2.05, 4.69) is 19.2 Å². The third kappa shape index (κ3) is 4.99. The number of hydrogen-bond donors (Lipinski definition) is 1. The molecule has 1 aromatic heterocycles. The Bertz CT molecular complexity index is 304. The summed E-state index contributed by atoms with van der Waals surface area (Å²) >= 11 is 0.579. The van der Waals surface area contributed by atoms with Crippen molar-refractivity contribution < 1.29 is 13.2 Å². The zero-order valence-corrected chi connectivity index (χ0v) is 10.3. The smallest absolute Gasteiger partial charge is 0.284 e. The van der Waals surface area contributed by atoms with Crippen LogP contribution in [-0.2, 0) is 12.3 Å². The molecule has 1 aromatic rings. The monoisotopic (exact) mass is 249 g/mol. The van der Waals surface area contributed by atoms with Crippen LogP contribution in [0.3, 0.4) is 0 Å². The summed E-state index contributed by atoms with van der Waals surface area (Å²) in [5, 5.41) is 3.28. The fourth-order valence-electron chi connectivity index (χ4n) is 1.16. The second kappa shape index (κ2) is 6.91. The van der Waals surface area contributed by atoms with Crippen LogP contribution in [0.4, 0.5) is 8.78 Å². The zero-order valence-electron chi connectivity index (χ0n) is 9.50. The standard InChI is InChI=1S/C11H17F2NOS/c1-3-8(2)14-6-9-4-5-10(15-9)7-16-11(12)13/h4-5,8,11,14H,3,6-7H2,1-2H3. The summed E-state index contributed by atoms with van der Waals surface area (Å²) in [7, 11) is 0. The third-order valence-corrected chi connectivity index (χ3v) is 3.01. The van der Waals surface area contributed by atoms with Crippen molar-refractivity contribution in [1.82, 2.24) is 5.32 Å². The second-order valence-corrected chi connectivity index (χ2v) is 4.61. The van der Waals surface area contributed by atoms with E-state index in [4.69, 9.17) is 4.42 Å². The number of thioether (sulfide) groups is 1. The van der Waals surface area contributed by atoms with Crippen LogP contribution in [-0.4, -0.2) is 11.8 Å². The Morgan fingerprint density at radius 1 is 1.38 bits per heavy atom.